The summed E-state index contributed by atoms with van der Waals surface area (Å²) in [5.74, 6) is 1.93. The Morgan fingerprint density at radius 2 is 1.89 bits per heavy atom. The zero-order chi connectivity index (χ0) is 19.9. The van der Waals surface area contributed by atoms with Crippen molar-refractivity contribution in [1.29, 1.82) is 0 Å². The normalized spacial score (nSPS) is 12.0. The van der Waals surface area contributed by atoms with E-state index in [0.29, 0.717) is 17.3 Å². The van der Waals surface area contributed by atoms with Crippen molar-refractivity contribution in [2.45, 2.75) is 24.7 Å². The number of allylic oxidation sites excluding steroid dienone is 1. The molecule has 0 saturated heterocycles. The molecule has 0 aliphatic rings. The molecule has 7 heteroatoms. The van der Waals surface area contributed by atoms with Crippen molar-refractivity contribution in [3.05, 3.63) is 71.8 Å². The number of halogens is 1. The van der Waals surface area contributed by atoms with Crippen molar-refractivity contribution in [3.8, 4) is 17.1 Å². The van der Waals surface area contributed by atoms with Gasteiger partial charge in [-0.3, -0.25) is 4.57 Å². The van der Waals surface area contributed by atoms with Gasteiger partial charge >= 0.3 is 0 Å². The fourth-order valence-corrected chi connectivity index (χ4v) is 3.53. The van der Waals surface area contributed by atoms with Crippen LogP contribution in [0, 0.1) is 6.92 Å². The first-order valence-electron chi connectivity index (χ1n) is 8.87. The second-order valence-electron chi connectivity index (χ2n) is 6.30. The SMILES string of the molecule is C=CCn1c(SC[C@@H](O)COc2ccc(C)cc2)nnc1-c1ccc(Cl)cc1. The summed E-state index contributed by atoms with van der Waals surface area (Å²) in [6.07, 6.45) is 1.17. The summed E-state index contributed by atoms with van der Waals surface area (Å²) < 4.78 is 7.61. The van der Waals surface area contributed by atoms with Gasteiger partial charge in [-0.2, -0.15) is 0 Å². The molecule has 0 fully saturated rings. The van der Waals surface area contributed by atoms with E-state index in [2.05, 4.69) is 16.8 Å². The van der Waals surface area contributed by atoms with Gasteiger partial charge in [-0.15, -0.1) is 16.8 Å². The molecule has 0 unspecified atom stereocenters. The van der Waals surface area contributed by atoms with Crippen LogP contribution in [0.1, 0.15) is 5.56 Å². The lowest BCUT2D eigenvalue weighted by Crippen LogP contribution is -2.20. The molecule has 0 saturated carbocycles. The Morgan fingerprint density at radius 3 is 2.57 bits per heavy atom. The van der Waals surface area contributed by atoms with Crippen molar-refractivity contribution in [3.63, 3.8) is 0 Å². The van der Waals surface area contributed by atoms with Gasteiger partial charge in [0.05, 0.1) is 6.10 Å². The molecule has 0 bridgehead atoms. The van der Waals surface area contributed by atoms with Gasteiger partial charge in [0.1, 0.15) is 12.4 Å². The minimum atomic E-state index is -0.626. The maximum absolute atomic E-state index is 10.3. The Bertz CT molecular complexity index is 910. The van der Waals surface area contributed by atoms with E-state index in [9.17, 15) is 5.11 Å². The number of nitrogens with zero attached hydrogens (tertiary/aromatic N) is 3. The Balaban J connectivity index is 1.62. The summed E-state index contributed by atoms with van der Waals surface area (Å²) in [7, 11) is 0. The van der Waals surface area contributed by atoms with Crippen LogP contribution in [0.4, 0.5) is 0 Å². The summed E-state index contributed by atoms with van der Waals surface area (Å²) >= 11 is 7.41. The van der Waals surface area contributed by atoms with Crippen LogP contribution >= 0.6 is 23.4 Å². The van der Waals surface area contributed by atoms with Crippen molar-refractivity contribution in [2.24, 2.45) is 0 Å². The van der Waals surface area contributed by atoms with Crippen LogP contribution in [-0.2, 0) is 6.54 Å². The van der Waals surface area contributed by atoms with Gasteiger partial charge in [0, 0.05) is 22.9 Å². The lowest BCUT2D eigenvalue weighted by molar-refractivity contribution is 0.126. The minimum absolute atomic E-state index is 0.218. The monoisotopic (exact) mass is 415 g/mol. The molecule has 3 rings (SSSR count). The van der Waals surface area contributed by atoms with Gasteiger partial charge in [-0.1, -0.05) is 47.1 Å². The molecule has 1 N–H and O–H groups in total. The highest BCUT2D eigenvalue weighted by Crippen LogP contribution is 2.25. The fraction of sp³-hybridized carbons (Fsp3) is 0.238. The van der Waals surface area contributed by atoms with E-state index >= 15 is 0 Å². The maximum Gasteiger partial charge on any atom is 0.191 e. The van der Waals surface area contributed by atoms with E-state index in [-0.39, 0.29) is 6.61 Å². The predicted octanol–water partition coefficient (Wildman–Crippen LogP) is 4.62. The number of hydrogen-bond acceptors (Lipinski definition) is 5. The number of aliphatic hydroxyl groups excluding tert-OH is 1. The fourth-order valence-electron chi connectivity index (χ4n) is 2.55. The second kappa shape index (κ2) is 9.78. The highest BCUT2D eigenvalue weighted by Gasteiger charge is 2.15. The lowest BCUT2D eigenvalue weighted by Gasteiger charge is -2.13. The maximum atomic E-state index is 10.3. The van der Waals surface area contributed by atoms with Crippen LogP contribution in [0.5, 0.6) is 5.75 Å². The smallest absolute Gasteiger partial charge is 0.191 e. The van der Waals surface area contributed by atoms with Crippen LogP contribution in [-0.4, -0.2) is 38.3 Å². The zero-order valence-electron chi connectivity index (χ0n) is 15.6. The Labute approximate surface area is 174 Å². The molecule has 0 amide bonds. The molecule has 1 aromatic heterocycles. The highest BCUT2D eigenvalue weighted by atomic mass is 35.5. The summed E-state index contributed by atoms with van der Waals surface area (Å²) in [6.45, 7) is 6.63. The number of ether oxygens (including phenoxy) is 1. The first-order valence-corrected chi connectivity index (χ1v) is 10.2. The molecular formula is C21H22ClN3O2S. The highest BCUT2D eigenvalue weighted by molar-refractivity contribution is 7.99. The van der Waals surface area contributed by atoms with Crippen molar-refractivity contribution >= 4 is 23.4 Å². The van der Waals surface area contributed by atoms with Gasteiger partial charge in [0.15, 0.2) is 11.0 Å². The standard InChI is InChI=1S/C21H22ClN3O2S/c1-3-12-25-20(16-6-8-17(22)9-7-16)23-24-21(25)28-14-18(26)13-27-19-10-4-15(2)5-11-19/h3-11,18,26H,1,12-14H2,2H3/t18-/m0/s1. The largest absolute Gasteiger partial charge is 0.491 e. The van der Waals surface area contributed by atoms with E-state index in [0.717, 1.165) is 22.3 Å². The predicted molar refractivity (Wildman–Crippen MR) is 114 cm³/mol. The van der Waals surface area contributed by atoms with Gasteiger partial charge in [0.25, 0.3) is 0 Å². The topological polar surface area (TPSA) is 60.2 Å². The number of aryl methyl sites for hydroxylation is 1. The summed E-state index contributed by atoms with van der Waals surface area (Å²) in [5.41, 5.74) is 2.09. The van der Waals surface area contributed by atoms with E-state index in [1.54, 1.807) is 6.08 Å². The molecular weight excluding hydrogens is 394 g/mol. The molecule has 28 heavy (non-hydrogen) atoms. The Morgan fingerprint density at radius 1 is 1.18 bits per heavy atom. The molecule has 146 valence electrons. The number of thioether (sulfide) groups is 1. The molecule has 0 spiro atoms. The summed E-state index contributed by atoms with van der Waals surface area (Å²) in [6, 6.07) is 15.2. The third-order valence-corrected chi connectivity index (χ3v) is 5.36. The molecule has 0 radical (unpaired) electrons. The summed E-state index contributed by atoms with van der Waals surface area (Å²) in [5, 5.41) is 20.2. The number of hydrogen-bond donors (Lipinski definition) is 1. The first kappa shape index (κ1) is 20.5. The Kier molecular flexibility index (Phi) is 7.14. The van der Waals surface area contributed by atoms with Crippen LogP contribution in [0.15, 0.2) is 66.3 Å². The number of benzene rings is 2. The van der Waals surface area contributed by atoms with Crippen LogP contribution < -0.4 is 4.74 Å². The minimum Gasteiger partial charge on any atom is -0.491 e. The Hall–Kier alpha value is -2.28. The second-order valence-corrected chi connectivity index (χ2v) is 7.72. The quantitative estimate of drug-likeness (QED) is 0.408. The van der Waals surface area contributed by atoms with Crippen molar-refractivity contribution in [1.82, 2.24) is 14.8 Å². The average molecular weight is 416 g/mol. The summed E-state index contributed by atoms with van der Waals surface area (Å²) in [4.78, 5) is 0. The van der Waals surface area contributed by atoms with Crippen LogP contribution in [0.3, 0.4) is 0 Å². The van der Waals surface area contributed by atoms with Gasteiger partial charge in [-0.25, -0.2) is 0 Å². The molecule has 0 aliphatic heterocycles. The van der Waals surface area contributed by atoms with E-state index in [1.165, 1.54) is 17.3 Å². The molecule has 3 aromatic rings. The first-order chi connectivity index (χ1) is 13.6. The van der Waals surface area contributed by atoms with Crippen molar-refractivity contribution in [2.75, 3.05) is 12.4 Å². The molecule has 1 heterocycles. The molecule has 2 aromatic carbocycles. The van der Waals surface area contributed by atoms with E-state index in [1.807, 2.05) is 60.0 Å². The molecule has 0 aliphatic carbocycles. The van der Waals surface area contributed by atoms with Crippen molar-refractivity contribution < 1.29 is 9.84 Å². The van der Waals surface area contributed by atoms with E-state index in [4.69, 9.17) is 16.3 Å². The average Bonchev–Trinajstić information content (AvgIpc) is 3.09. The van der Waals surface area contributed by atoms with Crippen LogP contribution in [0.25, 0.3) is 11.4 Å². The number of aromatic nitrogens is 3. The zero-order valence-corrected chi connectivity index (χ0v) is 17.2. The third-order valence-electron chi connectivity index (χ3n) is 4.00. The molecule has 5 nitrogen and oxygen atoms in total. The lowest BCUT2D eigenvalue weighted by atomic mass is 10.2. The van der Waals surface area contributed by atoms with Gasteiger partial charge in [-0.05, 0) is 43.3 Å². The molecule has 1 atom stereocenters. The third kappa shape index (κ3) is 5.38. The van der Waals surface area contributed by atoms with Gasteiger partial charge in [0.2, 0.25) is 0 Å². The number of aliphatic hydroxyl groups is 1. The van der Waals surface area contributed by atoms with Gasteiger partial charge < -0.3 is 9.84 Å². The van der Waals surface area contributed by atoms with E-state index < -0.39 is 6.10 Å². The van der Waals surface area contributed by atoms with Crippen LogP contribution in [0.2, 0.25) is 5.02 Å². The number of rotatable bonds is 9.